The highest BCUT2D eigenvalue weighted by Gasteiger charge is 2.46. The minimum absolute atomic E-state index is 0.373. The predicted octanol–water partition coefficient (Wildman–Crippen LogP) is 3.84. The Kier molecular flexibility index (Phi) is 3.61. The van der Waals surface area contributed by atoms with E-state index in [2.05, 4.69) is 29.6 Å². The van der Waals surface area contributed by atoms with Crippen LogP contribution in [0.3, 0.4) is 0 Å². The van der Waals surface area contributed by atoms with Gasteiger partial charge in [-0.1, -0.05) is 48.5 Å². The number of carboxylic acid groups (broad SMARTS) is 1. The van der Waals surface area contributed by atoms with Crippen molar-refractivity contribution in [2.45, 2.75) is 11.8 Å². The third-order valence-corrected chi connectivity index (χ3v) is 5.05. The highest BCUT2D eigenvalue weighted by Crippen LogP contribution is 2.41. The quantitative estimate of drug-likeness (QED) is 0.762. The number of ether oxygens (including phenoxy) is 1. The summed E-state index contributed by atoms with van der Waals surface area (Å²) in [5.41, 5.74) is 1.70. The Bertz CT molecular complexity index is 966. The number of anilines is 1. The molecule has 3 aromatic rings. The minimum atomic E-state index is -0.968. The van der Waals surface area contributed by atoms with E-state index in [1.54, 1.807) is 7.11 Å². The van der Waals surface area contributed by atoms with Gasteiger partial charge in [-0.3, -0.25) is 4.79 Å². The molecule has 4 heteroatoms. The largest absolute Gasteiger partial charge is 0.497 e. The normalized spacial score (nSPS) is 18.6. The van der Waals surface area contributed by atoms with E-state index in [1.807, 2.05) is 36.4 Å². The van der Waals surface area contributed by atoms with Gasteiger partial charge in [0.25, 0.3) is 0 Å². The van der Waals surface area contributed by atoms with Gasteiger partial charge in [-0.05, 0) is 34.4 Å². The number of fused-ring (bicyclic) bond motifs is 2. The average molecular weight is 333 g/mol. The number of hydrogen-bond acceptors (Lipinski definition) is 3. The minimum Gasteiger partial charge on any atom is -0.497 e. The summed E-state index contributed by atoms with van der Waals surface area (Å²) in [6.07, 6.45) is 0.444. The maximum absolute atomic E-state index is 12.2. The Morgan fingerprint density at radius 1 is 1.12 bits per heavy atom. The van der Waals surface area contributed by atoms with E-state index in [1.165, 1.54) is 0 Å². The molecule has 3 aromatic carbocycles. The van der Waals surface area contributed by atoms with Crippen molar-refractivity contribution < 1.29 is 14.6 Å². The number of carbonyl (C=O) groups is 1. The van der Waals surface area contributed by atoms with Crippen molar-refractivity contribution in [3.8, 4) is 5.75 Å². The molecule has 4 rings (SSSR count). The maximum atomic E-state index is 12.2. The first kappa shape index (κ1) is 15.5. The lowest BCUT2D eigenvalue weighted by Crippen LogP contribution is -2.40. The molecule has 25 heavy (non-hydrogen) atoms. The standard InChI is InChI=1S/C21H19NO3/c1-25-17-8-9-18-19(11-17)22-13-21(18,20(23)24)12-14-6-7-15-4-2-3-5-16(15)10-14/h2-11,22H,12-13H2,1H3,(H,23,24). The van der Waals surface area contributed by atoms with Crippen LogP contribution in [0.25, 0.3) is 10.8 Å². The molecular formula is C21H19NO3. The third-order valence-electron chi connectivity index (χ3n) is 5.05. The molecule has 0 spiro atoms. The molecule has 1 aliphatic rings. The summed E-state index contributed by atoms with van der Waals surface area (Å²) in [5.74, 6) is -0.0878. The first-order chi connectivity index (χ1) is 12.1. The lowest BCUT2D eigenvalue weighted by atomic mass is 9.77. The second-order valence-corrected chi connectivity index (χ2v) is 6.51. The SMILES string of the molecule is COc1ccc2c(c1)NCC2(Cc1ccc2ccccc2c1)C(=O)O. The Hall–Kier alpha value is -3.01. The van der Waals surface area contributed by atoms with Gasteiger partial charge in [0.2, 0.25) is 0 Å². The van der Waals surface area contributed by atoms with Crippen molar-refractivity contribution in [3.05, 3.63) is 71.8 Å². The molecule has 0 aliphatic carbocycles. The maximum Gasteiger partial charge on any atom is 0.316 e. The van der Waals surface area contributed by atoms with Gasteiger partial charge < -0.3 is 15.2 Å². The summed E-state index contributed by atoms with van der Waals surface area (Å²) < 4.78 is 5.25. The molecule has 0 amide bonds. The summed E-state index contributed by atoms with van der Waals surface area (Å²) >= 11 is 0. The van der Waals surface area contributed by atoms with Gasteiger partial charge in [-0.25, -0.2) is 0 Å². The smallest absolute Gasteiger partial charge is 0.316 e. The molecule has 1 aliphatic heterocycles. The van der Waals surface area contributed by atoms with E-state index in [9.17, 15) is 9.90 Å². The van der Waals surface area contributed by atoms with Gasteiger partial charge in [0.1, 0.15) is 11.2 Å². The average Bonchev–Trinajstić information content (AvgIpc) is 3.00. The molecule has 0 aromatic heterocycles. The lowest BCUT2D eigenvalue weighted by Gasteiger charge is -2.25. The van der Waals surface area contributed by atoms with Crippen molar-refractivity contribution in [2.24, 2.45) is 0 Å². The number of methoxy groups -OCH3 is 1. The van der Waals surface area contributed by atoms with Crippen LogP contribution in [0.5, 0.6) is 5.75 Å². The zero-order valence-electron chi connectivity index (χ0n) is 14.0. The van der Waals surface area contributed by atoms with Gasteiger partial charge >= 0.3 is 5.97 Å². The first-order valence-corrected chi connectivity index (χ1v) is 8.26. The molecule has 1 heterocycles. The molecule has 4 nitrogen and oxygen atoms in total. The van der Waals surface area contributed by atoms with Gasteiger partial charge in [0, 0.05) is 18.3 Å². The van der Waals surface area contributed by atoms with E-state index in [4.69, 9.17) is 4.74 Å². The van der Waals surface area contributed by atoms with Crippen LogP contribution in [-0.2, 0) is 16.6 Å². The van der Waals surface area contributed by atoms with Crippen LogP contribution in [0.4, 0.5) is 5.69 Å². The number of nitrogens with one attached hydrogen (secondary N) is 1. The summed E-state index contributed by atoms with van der Waals surface area (Å²) in [5, 5.41) is 15.6. The van der Waals surface area contributed by atoms with Crippen LogP contribution in [-0.4, -0.2) is 24.7 Å². The van der Waals surface area contributed by atoms with E-state index in [0.717, 1.165) is 33.3 Å². The van der Waals surface area contributed by atoms with Crippen LogP contribution < -0.4 is 10.1 Å². The highest BCUT2D eigenvalue weighted by molar-refractivity contribution is 5.89. The number of carboxylic acids is 1. The molecule has 2 N–H and O–H groups in total. The Morgan fingerprint density at radius 3 is 2.68 bits per heavy atom. The number of benzene rings is 3. The molecule has 1 atom stereocenters. The van der Waals surface area contributed by atoms with Crippen molar-refractivity contribution in [3.63, 3.8) is 0 Å². The third kappa shape index (κ3) is 2.50. The number of hydrogen-bond donors (Lipinski definition) is 2. The predicted molar refractivity (Wildman–Crippen MR) is 98.4 cm³/mol. The summed E-state index contributed by atoms with van der Waals surface area (Å²) in [4.78, 5) is 12.2. The first-order valence-electron chi connectivity index (χ1n) is 8.26. The monoisotopic (exact) mass is 333 g/mol. The fraction of sp³-hybridized carbons (Fsp3) is 0.190. The molecule has 0 radical (unpaired) electrons. The van der Waals surface area contributed by atoms with E-state index in [-0.39, 0.29) is 0 Å². The van der Waals surface area contributed by atoms with E-state index >= 15 is 0 Å². The van der Waals surface area contributed by atoms with Crippen LogP contribution in [0, 0.1) is 0 Å². The number of rotatable bonds is 4. The molecular weight excluding hydrogens is 314 g/mol. The van der Waals surface area contributed by atoms with Crippen LogP contribution in [0.2, 0.25) is 0 Å². The van der Waals surface area contributed by atoms with Crippen molar-refractivity contribution in [1.29, 1.82) is 0 Å². The Morgan fingerprint density at radius 2 is 1.92 bits per heavy atom. The molecule has 0 fully saturated rings. The van der Waals surface area contributed by atoms with E-state index < -0.39 is 11.4 Å². The van der Waals surface area contributed by atoms with Crippen LogP contribution >= 0.6 is 0 Å². The van der Waals surface area contributed by atoms with Crippen molar-refractivity contribution >= 4 is 22.4 Å². The summed E-state index contributed by atoms with van der Waals surface area (Å²) in [6, 6.07) is 19.8. The van der Waals surface area contributed by atoms with Crippen LogP contribution in [0.1, 0.15) is 11.1 Å². The van der Waals surface area contributed by atoms with Gasteiger partial charge in [0.05, 0.1) is 7.11 Å². The molecule has 0 saturated carbocycles. The molecule has 1 unspecified atom stereocenters. The Balaban J connectivity index is 1.77. The van der Waals surface area contributed by atoms with Gasteiger partial charge in [-0.15, -0.1) is 0 Å². The van der Waals surface area contributed by atoms with E-state index in [0.29, 0.717) is 13.0 Å². The molecule has 0 saturated heterocycles. The zero-order valence-corrected chi connectivity index (χ0v) is 14.0. The van der Waals surface area contributed by atoms with Crippen LogP contribution in [0.15, 0.2) is 60.7 Å². The Labute approximate surface area is 146 Å². The lowest BCUT2D eigenvalue weighted by molar-refractivity contribution is -0.143. The second-order valence-electron chi connectivity index (χ2n) is 6.51. The topological polar surface area (TPSA) is 58.6 Å². The second kappa shape index (κ2) is 5.81. The van der Waals surface area contributed by atoms with Gasteiger partial charge in [0.15, 0.2) is 0 Å². The number of aliphatic carboxylic acids is 1. The van der Waals surface area contributed by atoms with Crippen molar-refractivity contribution in [2.75, 3.05) is 19.0 Å². The molecule has 0 bridgehead atoms. The zero-order chi connectivity index (χ0) is 17.4. The molecule has 126 valence electrons. The highest BCUT2D eigenvalue weighted by atomic mass is 16.5. The van der Waals surface area contributed by atoms with Gasteiger partial charge in [-0.2, -0.15) is 0 Å². The summed E-state index contributed by atoms with van der Waals surface area (Å²) in [6.45, 7) is 0.373. The van der Waals surface area contributed by atoms with Crippen molar-refractivity contribution in [1.82, 2.24) is 0 Å². The fourth-order valence-electron chi connectivity index (χ4n) is 3.68. The summed E-state index contributed by atoms with van der Waals surface area (Å²) in [7, 11) is 1.61. The fourth-order valence-corrected chi connectivity index (χ4v) is 3.68.